The van der Waals surface area contributed by atoms with Crippen LogP contribution < -0.4 is 10.6 Å². The zero-order valence-corrected chi connectivity index (χ0v) is 11.5. The van der Waals surface area contributed by atoms with E-state index in [-0.39, 0.29) is 0 Å². The van der Waals surface area contributed by atoms with Crippen molar-refractivity contribution in [1.82, 2.24) is 15.1 Å². The van der Waals surface area contributed by atoms with Gasteiger partial charge in [-0.2, -0.15) is 5.10 Å². The summed E-state index contributed by atoms with van der Waals surface area (Å²) in [6, 6.07) is 1.82. The van der Waals surface area contributed by atoms with Crippen molar-refractivity contribution >= 4 is 23.0 Å². The fourth-order valence-electron chi connectivity index (χ4n) is 2.20. The number of nitrogens with two attached hydrogens (primary N) is 1. The molecule has 1 saturated heterocycles. The molecule has 0 aliphatic carbocycles. The Hall–Kier alpha value is -1.27. The highest BCUT2D eigenvalue weighted by molar-refractivity contribution is 7.80. The Balaban J connectivity index is 1.99. The van der Waals surface area contributed by atoms with Gasteiger partial charge in [0.2, 0.25) is 0 Å². The van der Waals surface area contributed by atoms with E-state index in [1.807, 2.05) is 13.1 Å². The van der Waals surface area contributed by atoms with Crippen molar-refractivity contribution in [2.75, 3.05) is 38.1 Å². The minimum Gasteiger partial charge on any atom is -0.389 e. The number of hydrogen-bond acceptors (Lipinski definition) is 5. The molecule has 1 aromatic heterocycles. The fourth-order valence-corrected chi connectivity index (χ4v) is 2.36. The third kappa shape index (κ3) is 3.14. The zero-order chi connectivity index (χ0) is 13.0. The summed E-state index contributed by atoms with van der Waals surface area (Å²) in [5, 5.41) is 8.04. The van der Waals surface area contributed by atoms with Gasteiger partial charge < -0.3 is 15.5 Å². The number of hydrogen-bond donors (Lipinski definition) is 1. The molecular formula is C12H19N5S. The second-order valence-corrected chi connectivity index (χ2v) is 5.04. The highest BCUT2D eigenvalue weighted by atomic mass is 32.1. The Kier molecular flexibility index (Phi) is 4.43. The zero-order valence-electron chi connectivity index (χ0n) is 10.7. The number of likely N-dealkylation sites (N-methyl/N-ethyl adjacent to an activating group) is 1. The SMILES string of the molecule is CN(CCN1CCCC1)c1nnccc1C(N)=S. The van der Waals surface area contributed by atoms with Crippen LogP contribution >= 0.6 is 12.2 Å². The third-order valence-corrected chi connectivity index (χ3v) is 3.50. The lowest BCUT2D eigenvalue weighted by Crippen LogP contribution is -2.33. The van der Waals surface area contributed by atoms with E-state index in [0.717, 1.165) is 24.5 Å². The Morgan fingerprint density at radius 3 is 2.89 bits per heavy atom. The summed E-state index contributed by atoms with van der Waals surface area (Å²) in [5.74, 6) is 0.768. The van der Waals surface area contributed by atoms with Gasteiger partial charge in [0.25, 0.3) is 0 Å². The number of aromatic nitrogens is 2. The molecule has 2 heterocycles. The third-order valence-electron chi connectivity index (χ3n) is 3.28. The minimum absolute atomic E-state index is 0.368. The first-order valence-corrected chi connectivity index (χ1v) is 6.64. The molecule has 0 amide bonds. The van der Waals surface area contributed by atoms with Crippen molar-refractivity contribution in [3.8, 4) is 0 Å². The lowest BCUT2D eigenvalue weighted by molar-refractivity contribution is 0.346. The average molecular weight is 265 g/mol. The molecule has 0 radical (unpaired) electrons. The molecule has 1 aliphatic heterocycles. The number of likely N-dealkylation sites (tertiary alicyclic amines) is 1. The van der Waals surface area contributed by atoms with Gasteiger partial charge in [0.15, 0.2) is 5.82 Å². The van der Waals surface area contributed by atoms with Crippen LogP contribution in [0.1, 0.15) is 18.4 Å². The number of nitrogens with zero attached hydrogens (tertiary/aromatic N) is 4. The quantitative estimate of drug-likeness (QED) is 0.789. The van der Waals surface area contributed by atoms with Crippen molar-refractivity contribution in [3.63, 3.8) is 0 Å². The van der Waals surface area contributed by atoms with Gasteiger partial charge in [-0.05, 0) is 32.0 Å². The van der Waals surface area contributed by atoms with E-state index in [1.54, 1.807) is 6.20 Å². The summed E-state index contributed by atoms with van der Waals surface area (Å²) in [4.78, 5) is 4.90. The van der Waals surface area contributed by atoms with Crippen molar-refractivity contribution in [3.05, 3.63) is 17.8 Å². The number of thiocarbonyl (C=S) groups is 1. The maximum absolute atomic E-state index is 5.70. The number of anilines is 1. The van der Waals surface area contributed by atoms with Gasteiger partial charge in [-0.25, -0.2) is 0 Å². The van der Waals surface area contributed by atoms with Crippen LogP contribution in [-0.2, 0) is 0 Å². The van der Waals surface area contributed by atoms with Gasteiger partial charge in [-0.1, -0.05) is 12.2 Å². The van der Waals surface area contributed by atoms with Crippen LogP contribution in [0.15, 0.2) is 12.3 Å². The molecule has 18 heavy (non-hydrogen) atoms. The first kappa shape index (κ1) is 13.2. The van der Waals surface area contributed by atoms with Crippen LogP contribution in [-0.4, -0.2) is 53.3 Å². The van der Waals surface area contributed by atoms with Crippen molar-refractivity contribution in [1.29, 1.82) is 0 Å². The molecule has 1 aromatic rings. The van der Waals surface area contributed by atoms with E-state index >= 15 is 0 Å². The first-order valence-electron chi connectivity index (χ1n) is 6.23. The van der Waals surface area contributed by atoms with Gasteiger partial charge in [0.05, 0.1) is 11.8 Å². The second-order valence-electron chi connectivity index (χ2n) is 4.60. The monoisotopic (exact) mass is 265 g/mol. The summed E-state index contributed by atoms with van der Waals surface area (Å²) in [6.07, 6.45) is 4.24. The summed E-state index contributed by atoms with van der Waals surface area (Å²) >= 11 is 5.03. The molecule has 6 heteroatoms. The van der Waals surface area contributed by atoms with E-state index in [9.17, 15) is 0 Å². The highest BCUT2D eigenvalue weighted by Crippen LogP contribution is 2.15. The smallest absolute Gasteiger partial charge is 0.161 e. The van der Waals surface area contributed by atoms with Crippen LogP contribution in [0.3, 0.4) is 0 Å². The Bertz CT molecular complexity index is 417. The van der Waals surface area contributed by atoms with Crippen molar-refractivity contribution in [2.24, 2.45) is 5.73 Å². The Morgan fingerprint density at radius 1 is 1.50 bits per heavy atom. The van der Waals surface area contributed by atoms with Crippen LogP contribution in [0.4, 0.5) is 5.82 Å². The normalized spacial score (nSPS) is 15.8. The summed E-state index contributed by atoms with van der Waals surface area (Å²) in [5.41, 5.74) is 6.49. The lowest BCUT2D eigenvalue weighted by Gasteiger charge is -2.23. The molecule has 0 saturated carbocycles. The summed E-state index contributed by atoms with van der Waals surface area (Å²) in [6.45, 7) is 4.37. The Labute approximate surface area is 113 Å². The van der Waals surface area contributed by atoms with Crippen LogP contribution in [0.25, 0.3) is 0 Å². The highest BCUT2D eigenvalue weighted by Gasteiger charge is 2.15. The van der Waals surface area contributed by atoms with Crippen LogP contribution in [0.2, 0.25) is 0 Å². The van der Waals surface area contributed by atoms with Crippen molar-refractivity contribution < 1.29 is 0 Å². The van der Waals surface area contributed by atoms with Gasteiger partial charge in [-0.3, -0.25) is 0 Å². The van der Waals surface area contributed by atoms with E-state index in [4.69, 9.17) is 18.0 Å². The summed E-state index contributed by atoms with van der Waals surface area (Å²) in [7, 11) is 2.00. The number of rotatable bonds is 5. The van der Waals surface area contributed by atoms with E-state index in [0.29, 0.717) is 4.99 Å². The van der Waals surface area contributed by atoms with Crippen molar-refractivity contribution in [2.45, 2.75) is 12.8 Å². The standard InChI is InChI=1S/C12H19N5S/c1-16(8-9-17-6-2-3-7-17)12-10(11(13)18)4-5-14-15-12/h4-5H,2-3,6-9H2,1H3,(H2,13,18). The molecule has 0 unspecified atom stereocenters. The maximum atomic E-state index is 5.70. The molecule has 0 atom stereocenters. The largest absolute Gasteiger partial charge is 0.389 e. The van der Waals surface area contributed by atoms with E-state index < -0.39 is 0 Å². The lowest BCUT2D eigenvalue weighted by atomic mass is 10.2. The van der Waals surface area contributed by atoms with Crippen LogP contribution in [0.5, 0.6) is 0 Å². The van der Waals surface area contributed by atoms with Gasteiger partial charge >= 0.3 is 0 Å². The molecule has 0 aromatic carbocycles. The predicted octanol–water partition coefficient (Wildman–Crippen LogP) is 0.643. The molecule has 0 bridgehead atoms. The van der Waals surface area contributed by atoms with E-state index in [1.165, 1.54) is 25.9 Å². The molecule has 2 N–H and O–H groups in total. The molecular weight excluding hydrogens is 246 g/mol. The van der Waals surface area contributed by atoms with Gasteiger partial charge in [-0.15, -0.1) is 5.10 Å². The molecule has 5 nitrogen and oxygen atoms in total. The van der Waals surface area contributed by atoms with E-state index in [2.05, 4.69) is 20.0 Å². The Morgan fingerprint density at radius 2 is 2.22 bits per heavy atom. The van der Waals surface area contributed by atoms with Gasteiger partial charge in [0.1, 0.15) is 4.99 Å². The van der Waals surface area contributed by atoms with Crippen LogP contribution in [0, 0.1) is 0 Å². The summed E-state index contributed by atoms with van der Waals surface area (Å²) < 4.78 is 0. The molecule has 1 aliphatic rings. The first-order chi connectivity index (χ1) is 8.68. The molecule has 2 rings (SSSR count). The average Bonchev–Trinajstić information content (AvgIpc) is 2.89. The molecule has 0 spiro atoms. The second kappa shape index (κ2) is 6.06. The topological polar surface area (TPSA) is 58.3 Å². The minimum atomic E-state index is 0.368. The fraction of sp³-hybridized carbons (Fsp3) is 0.583. The maximum Gasteiger partial charge on any atom is 0.161 e. The molecule has 98 valence electrons. The molecule has 1 fully saturated rings. The predicted molar refractivity (Wildman–Crippen MR) is 76.9 cm³/mol. The van der Waals surface area contributed by atoms with Gasteiger partial charge in [0, 0.05) is 20.1 Å².